The summed E-state index contributed by atoms with van der Waals surface area (Å²) in [6.07, 6.45) is 4.63. The molecule has 0 saturated carbocycles. The molecule has 0 bridgehead atoms. The molecule has 0 N–H and O–H groups in total. The van der Waals surface area contributed by atoms with E-state index in [4.69, 9.17) is 0 Å². The van der Waals surface area contributed by atoms with Gasteiger partial charge in [-0.1, -0.05) is 48.0 Å². The predicted octanol–water partition coefficient (Wildman–Crippen LogP) is 4.22. The van der Waals surface area contributed by atoms with Crippen LogP contribution >= 0.6 is 0 Å². The number of carbonyl (C=O) groups excluding carboxylic acids is 1. The summed E-state index contributed by atoms with van der Waals surface area (Å²) in [6.45, 7) is 6.07. The van der Waals surface area contributed by atoms with E-state index in [-0.39, 0.29) is 11.4 Å². The number of amides is 1. The molecule has 4 rings (SSSR count). The van der Waals surface area contributed by atoms with Gasteiger partial charge in [0.2, 0.25) is 0 Å². The predicted molar refractivity (Wildman–Crippen MR) is 105 cm³/mol. The number of aryl methyl sites for hydroxylation is 1. The number of piperidine rings is 1. The second-order valence-corrected chi connectivity index (χ2v) is 7.75. The molecule has 26 heavy (non-hydrogen) atoms. The Morgan fingerprint density at radius 1 is 0.885 bits per heavy atom. The second-order valence-electron chi connectivity index (χ2n) is 7.75. The molecule has 3 heteroatoms. The molecule has 2 saturated heterocycles. The number of likely N-dealkylation sites (tertiary alicyclic amines) is 2. The quantitative estimate of drug-likeness (QED) is 0.829. The van der Waals surface area contributed by atoms with Gasteiger partial charge in [-0.2, -0.15) is 0 Å². The van der Waals surface area contributed by atoms with E-state index in [9.17, 15) is 4.79 Å². The van der Waals surface area contributed by atoms with E-state index in [1.165, 1.54) is 31.5 Å². The second kappa shape index (κ2) is 7.24. The van der Waals surface area contributed by atoms with Gasteiger partial charge in [-0.25, -0.2) is 0 Å². The molecule has 0 atom stereocenters. The van der Waals surface area contributed by atoms with Crippen molar-refractivity contribution in [2.24, 2.45) is 0 Å². The van der Waals surface area contributed by atoms with Crippen LogP contribution in [0.2, 0.25) is 0 Å². The highest BCUT2D eigenvalue weighted by Gasteiger charge is 2.42. The minimum atomic E-state index is 0.0984. The first-order valence-electron chi connectivity index (χ1n) is 9.86. The highest BCUT2D eigenvalue weighted by molar-refractivity contribution is 5.94. The average molecular weight is 348 g/mol. The maximum Gasteiger partial charge on any atom is 0.253 e. The zero-order chi connectivity index (χ0) is 18.0. The topological polar surface area (TPSA) is 23.6 Å². The van der Waals surface area contributed by atoms with Crippen LogP contribution in [0.5, 0.6) is 0 Å². The molecule has 0 aromatic heterocycles. The lowest BCUT2D eigenvalue weighted by molar-refractivity contribution is 0.0294. The van der Waals surface area contributed by atoms with Crippen molar-refractivity contribution in [3.05, 3.63) is 71.3 Å². The van der Waals surface area contributed by atoms with Gasteiger partial charge < -0.3 is 4.90 Å². The Labute approximate surface area is 156 Å². The van der Waals surface area contributed by atoms with Crippen LogP contribution in [0.15, 0.2) is 54.6 Å². The first-order chi connectivity index (χ1) is 12.7. The summed E-state index contributed by atoms with van der Waals surface area (Å²) < 4.78 is 0. The summed E-state index contributed by atoms with van der Waals surface area (Å²) in [5.74, 6) is 0.178. The summed E-state index contributed by atoms with van der Waals surface area (Å²) in [5.41, 5.74) is 3.48. The smallest absolute Gasteiger partial charge is 0.253 e. The molecular formula is C23H28N2O. The van der Waals surface area contributed by atoms with Crippen molar-refractivity contribution in [3.63, 3.8) is 0 Å². The van der Waals surface area contributed by atoms with E-state index in [2.05, 4.69) is 35.2 Å². The van der Waals surface area contributed by atoms with Gasteiger partial charge in [0.1, 0.15) is 0 Å². The molecule has 2 fully saturated rings. The standard InChI is InChI=1S/C23H28N2O/c1-19-8-7-9-20(18-19)22(26)24-16-12-23(13-17-24,25-14-5-6-15-25)21-10-3-2-4-11-21/h2-4,7-11,18H,5-6,12-17H2,1H3. The van der Waals surface area contributed by atoms with E-state index >= 15 is 0 Å². The van der Waals surface area contributed by atoms with Gasteiger partial charge in [0.15, 0.2) is 0 Å². The van der Waals surface area contributed by atoms with Crippen LogP contribution in [0.1, 0.15) is 47.2 Å². The maximum absolute atomic E-state index is 12.9. The Kier molecular flexibility index (Phi) is 4.82. The number of carbonyl (C=O) groups is 1. The summed E-state index contributed by atoms with van der Waals surface area (Å²) in [4.78, 5) is 17.7. The van der Waals surface area contributed by atoms with Crippen LogP contribution in [-0.2, 0) is 5.54 Å². The Morgan fingerprint density at radius 3 is 2.23 bits per heavy atom. The maximum atomic E-state index is 12.9. The van der Waals surface area contributed by atoms with Crippen molar-refractivity contribution in [1.82, 2.24) is 9.80 Å². The van der Waals surface area contributed by atoms with Crippen LogP contribution in [0.4, 0.5) is 0 Å². The van der Waals surface area contributed by atoms with Crippen molar-refractivity contribution < 1.29 is 4.79 Å². The SMILES string of the molecule is Cc1cccc(C(=O)N2CCC(c3ccccc3)(N3CCCC3)CC2)c1. The van der Waals surface area contributed by atoms with Gasteiger partial charge in [-0.05, 0) is 63.4 Å². The third-order valence-electron chi connectivity index (χ3n) is 6.17. The molecule has 136 valence electrons. The molecule has 0 spiro atoms. The third kappa shape index (κ3) is 3.16. The summed E-state index contributed by atoms with van der Waals surface area (Å²) in [5, 5.41) is 0. The van der Waals surface area contributed by atoms with Crippen molar-refractivity contribution in [1.29, 1.82) is 0 Å². The molecule has 2 aromatic rings. The highest BCUT2D eigenvalue weighted by atomic mass is 16.2. The molecule has 2 aromatic carbocycles. The Hall–Kier alpha value is -2.13. The molecular weight excluding hydrogens is 320 g/mol. The van der Waals surface area contributed by atoms with Crippen LogP contribution in [0.25, 0.3) is 0 Å². The van der Waals surface area contributed by atoms with Gasteiger partial charge in [-0.15, -0.1) is 0 Å². The van der Waals surface area contributed by atoms with Gasteiger partial charge in [0, 0.05) is 24.2 Å². The first-order valence-corrected chi connectivity index (χ1v) is 9.86. The van der Waals surface area contributed by atoms with E-state index in [0.29, 0.717) is 0 Å². The Bertz CT molecular complexity index is 757. The summed E-state index contributed by atoms with van der Waals surface area (Å²) in [6, 6.07) is 18.9. The van der Waals surface area contributed by atoms with E-state index < -0.39 is 0 Å². The Balaban J connectivity index is 1.55. The number of benzene rings is 2. The van der Waals surface area contributed by atoms with Crippen molar-refractivity contribution in [3.8, 4) is 0 Å². The fraction of sp³-hybridized carbons (Fsp3) is 0.435. The van der Waals surface area contributed by atoms with E-state index in [1.54, 1.807) is 0 Å². The molecule has 2 aliphatic rings. The minimum absolute atomic E-state index is 0.0984. The molecule has 0 aliphatic carbocycles. The number of hydrogen-bond acceptors (Lipinski definition) is 2. The van der Waals surface area contributed by atoms with Crippen LogP contribution in [0, 0.1) is 6.92 Å². The van der Waals surface area contributed by atoms with Gasteiger partial charge in [0.05, 0.1) is 0 Å². The average Bonchev–Trinajstić information content (AvgIpc) is 3.23. The van der Waals surface area contributed by atoms with Gasteiger partial charge in [-0.3, -0.25) is 9.69 Å². The molecule has 2 heterocycles. The lowest BCUT2D eigenvalue weighted by Crippen LogP contribution is -2.53. The molecule has 2 aliphatic heterocycles. The monoisotopic (exact) mass is 348 g/mol. The highest BCUT2D eigenvalue weighted by Crippen LogP contribution is 2.41. The lowest BCUT2D eigenvalue weighted by atomic mass is 9.79. The van der Waals surface area contributed by atoms with Gasteiger partial charge in [0.25, 0.3) is 5.91 Å². The third-order valence-corrected chi connectivity index (χ3v) is 6.17. The fourth-order valence-corrected chi connectivity index (χ4v) is 4.72. The van der Waals surface area contributed by atoms with Crippen LogP contribution in [-0.4, -0.2) is 41.9 Å². The summed E-state index contributed by atoms with van der Waals surface area (Å²) in [7, 11) is 0. The minimum Gasteiger partial charge on any atom is -0.338 e. The molecule has 0 radical (unpaired) electrons. The normalized spacial score (nSPS) is 20.3. The van der Waals surface area contributed by atoms with Crippen molar-refractivity contribution in [2.75, 3.05) is 26.2 Å². The van der Waals surface area contributed by atoms with Gasteiger partial charge >= 0.3 is 0 Å². The zero-order valence-corrected chi connectivity index (χ0v) is 15.7. The van der Waals surface area contributed by atoms with Crippen LogP contribution in [0.3, 0.4) is 0 Å². The largest absolute Gasteiger partial charge is 0.338 e. The number of rotatable bonds is 3. The van der Waals surface area contributed by atoms with Crippen LogP contribution < -0.4 is 0 Å². The Morgan fingerprint density at radius 2 is 1.58 bits per heavy atom. The zero-order valence-electron chi connectivity index (χ0n) is 15.7. The molecule has 3 nitrogen and oxygen atoms in total. The number of nitrogens with zero attached hydrogens (tertiary/aromatic N) is 2. The fourth-order valence-electron chi connectivity index (χ4n) is 4.72. The van der Waals surface area contributed by atoms with E-state index in [1.807, 2.05) is 36.1 Å². The van der Waals surface area contributed by atoms with Crippen molar-refractivity contribution >= 4 is 5.91 Å². The van der Waals surface area contributed by atoms with Crippen molar-refractivity contribution in [2.45, 2.75) is 38.1 Å². The van der Waals surface area contributed by atoms with E-state index in [0.717, 1.165) is 37.1 Å². The first kappa shape index (κ1) is 17.3. The molecule has 1 amide bonds. The number of hydrogen-bond donors (Lipinski definition) is 0. The lowest BCUT2D eigenvalue weighted by Gasteiger charge is -2.48. The molecule has 0 unspecified atom stereocenters. The summed E-state index contributed by atoms with van der Waals surface area (Å²) >= 11 is 0.